The Balaban J connectivity index is 1.83. The van der Waals surface area contributed by atoms with Crippen molar-refractivity contribution in [3.05, 3.63) is 60.2 Å². The predicted octanol–water partition coefficient (Wildman–Crippen LogP) is 4.02. The zero-order valence-corrected chi connectivity index (χ0v) is 14.7. The number of hydrogen-bond donors (Lipinski definition) is 0. The molecule has 2 aliphatic rings. The van der Waals surface area contributed by atoms with Gasteiger partial charge in [-0.15, -0.1) is 23.2 Å². The van der Waals surface area contributed by atoms with Gasteiger partial charge in [0.15, 0.2) is 5.78 Å². The molecule has 0 aliphatic heterocycles. The van der Waals surface area contributed by atoms with E-state index >= 15 is 0 Å². The van der Waals surface area contributed by atoms with Crippen LogP contribution in [-0.4, -0.2) is 26.5 Å². The molecule has 4 rings (SSSR count). The molecule has 0 aromatic carbocycles. The number of carbonyl (C=O) groups excluding carboxylic acids is 1. The van der Waals surface area contributed by atoms with E-state index in [2.05, 4.69) is 9.97 Å². The monoisotopic (exact) mass is 360 g/mol. The minimum absolute atomic E-state index is 0.157. The van der Waals surface area contributed by atoms with Crippen molar-refractivity contribution in [2.45, 2.75) is 47.3 Å². The number of pyridine rings is 2. The van der Waals surface area contributed by atoms with E-state index < -0.39 is 10.8 Å². The predicted molar refractivity (Wildman–Crippen MR) is 94.6 cm³/mol. The smallest absolute Gasteiger partial charge is 0.156 e. The Bertz CT molecular complexity index is 691. The summed E-state index contributed by atoms with van der Waals surface area (Å²) in [7, 11) is 0. The van der Waals surface area contributed by atoms with Gasteiger partial charge in [-0.05, 0) is 61.1 Å². The van der Waals surface area contributed by atoms with E-state index in [1.165, 1.54) is 0 Å². The Kier molecular flexibility index (Phi) is 3.89. The minimum atomic E-state index is -0.665. The first-order valence-electron chi connectivity index (χ1n) is 8.26. The van der Waals surface area contributed by atoms with Crippen LogP contribution in [0, 0.1) is 0 Å². The largest absolute Gasteiger partial charge is 0.298 e. The second kappa shape index (κ2) is 5.82. The molecule has 0 amide bonds. The highest BCUT2D eigenvalue weighted by Crippen LogP contribution is 2.57. The van der Waals surface area contributed by atoms with Crippen LogP contribution in [0.3, 0.4) is 0 Å². The third kappa shape index (κ3) is 2.01. The summed E-state index contributed by atoms with van der Waals surface area (Å²) in [6.45, 7) is 0. The van der Waals surface area contributed by atoms with Gasteiger partial charge in [-0.3, -0.25) is 14.8 Å². The van der Waals surface area contributed by atoms with Crippen molar-refractivity contribution in [1.82, 2.24) is 9.97 Å². The second-order valence-electron chi connectivity index (χ2n) is 6.76. The molecule has 0 bridgehead atoms. The van der Waals surface area contributed by atoms with Crippen molar-refractivity contribution in [2.75, 3.05) is 0 Å². The number of halogens is 2. The third-order valence-corrected chi connectivity index (χ3v) is 7.04. The lowest BCUT2D eigenvalue weighted by molar-refractivity contribution is -0.136. The van der Waals surface area contributed by atoms with Gasteiger partial charge < -0.3 is 0 Å². The molecular formula is C19H18Cl2N2O. The van der Waals surface area contributed by atoms with Crippen molar-refractivity contribution in [3.63, 3.8) is 0 Å². The maximum atomic E-state index is 13.9. The number of alkyl halides is 2. The summed E-state index contributed by atoms with van der Waals surface area (Å²) < 4.78 is 0. The number of aromatic nitrogens is 2. The molecule has 0 radical (unpaired) electrons. The van der Waals surface area contributed by atoms with E-state index in [9.17, 15) is 4.79 Å². The molecular weight excluding hydrogens is 343 g/mol. The molecule has 2 saturated carbocycles. The van der Waals surface area contributed by atoms with Crippen LogP contribution < -0.4 is 0 Å². The number of Topliss-reactive ketones (excluding diaryl/α,β-unsaturated/α-hetero) is 1. The number of rotatable bonds is 4. The molecule has 4 atom stereocenters. The van der Waals surface area contributed by atoms with Crippen molar-refractivity contribution >= 4 is 29.0 Å². The van der Waals surface area contributed by atoms with E-state index in [4.69, 9.17) is 23.2 Å². The summed E-state index contributed by atoms with van der Waals surface area (Å²) >= 11 is 13.3. The fourth-order valence-corrected chi connectivity index (χ4v) is 5.09. The Morgan fingerprint density at radius 3 is 1.46 bits per heavy atom. The lowest BCUT2D eigenvalue weighted by Crippen LogP contribution is -2.64. The van der Waals surface area contributed by atoms with E-state index in [0.717, 1.165) is 36.8 Å². The van der Waals surface area contributed by atoms with E-state index in [1.807, 2.05) is 24.3 Å². The van der Waals surface area contributed by atoms with Gasteiger partial charge in [0.1, 0.15) is 0 Å². The Morgan fingerprint density at radius 1 is 0.833 bits per heavy atom. The van der Waals surface area contributed by atoms with Crippen LogP contribution in [0.2, 0.25) is 0 Å². The molecule has 2 aliphatic carbocycles. The maximum Gasteiger partial charge on any atom is 0.156 e. The number of ketones is 1. The third-order valence-electron chi connectivity index (χ3n) is 5.85. The minimum Gasteiger partial charge on any atom is -0.298 e. The summed E-state index contributed by atoms with van der Waals surface area (Å²) in [5.41, 5.74) is 0.582. The normalized spacial score (nSPS) is 34.9. The van der Waals surface area contributed by atoms with Crippen LogP contribution in [0.5, 0.6) is 0 Å². The average molecular weight is 361 g/mol. The Morgan fingerprint density at radius 2 is 1.21 bits per heavy atom. The first-order chi connectivity index (χ1) is 11.6. The van der Waals surface area contributed by atoms with Crippen molar-refractivity contribution in [2.24, 2.45) is 0 Å². The first kappa shape index (κ1) is 16.0. The molecule has 24 heavy (non-hydrogen) atoms. The Hall–Kier alpha value is -1.45. The average Bonchev–Trinajstić information content (AvgIpc) is 2.62. The lowest BCUT2D eigenvalue weighted by atomic mass is 9.50. The summed E-state index contributed by atoms with van der Waals surface area (Å²) in [6.07, 6.45) is 10.1. The highest BCUT2D eigenvalue weighted by molar-refractivity contribution is 6.28. The fraction of sp³-hybridized carbons (Fsp3) is 0.421. The van der Waals surface area contributed by atoms with Crippen LogP contribution in [0.1, 0.15) is 36.8 Å². The molecule has 0 spiro atoms. The van der Waals surface area contributed by atoms with E-state index in [0.29, 0.717) is 0 Å². The summed E-state index contributed by atoms with van der Waals surface area (Å²) in [5, 5.41) is -0.397. The number of nitrogens with zero attached hydrogens (tertiary/aromatic N) is 2. The molecule has 3 nitrogen and oxygen atoms in total. The summed E-state index contributed by atoms with van der Waals surface area (Å²) in [5.74, 6) is 0.157. The van der Waals surface area contributed by atoms with Gasteiger partial charge in [0.05, 0.1) is 21.6 Å². The summed E-state index contributed by atoms with van der Waals surface area (Å²) in [4.78, 5) is 22.0. The molecule has 2 aromatic rings. The van der Waals surface area contributed by atoms with Crippen LogP contribution in [0.15, 0.2) is 49.1 Å². The highest BCUT2D eigenvalue weighted by atomic mass is 35.5. The number of hydrogen-bond acceptors (Lipinski definition) is 3. The fourth-order valence-electron chi connectivity index (χ4n) is 4.21. The maximum absolute atomic E-state index is 13.9. The topological polar surface area (TPSA) is 42.9 Å². The molecule has 2 aromatic heterocycles. The quantitative estimate of drug-likeness (QED) is 0.773. The summed E-state index contributed by atoms with van der Waals surface area (Å²) in [6, 6.07) is 7.65. The Labute approximate surface area is 151 Å². The van der Waals surface area contributed by atoms with Crippen LogP contribution >= 0.6 is 23.2 Å². The lowest BCUT2D eigenvalue weighted by Gasteiger charge is -2.55. The van der Waals surface area contributed by atoms with Gasteiger partial charge in [0.2, 0.25) is 0 Å². The molecule has 2 heterocycles. The molecule has 0 N–H and O–H groups in total. The van der Waals surface area contributed by atoms with Crippen molar-refractivity contribution < 1.29 is 4.79 Å². The van der Waals surface area contributed by atoms with Gasteiger partial charge >= 0.3 is 0 Å². The van der Waals surface area contributed by atoms with Gasteiger partial charge in [-0.1, -0.05) is 0 Å². The van der Waals surface area contributed by atoms with Crippen LogP contribution in [0.4, 0.5) is 0 Å². The molecule has 5 heteroatoms. The van der Waals surface area contributed by atoms with Gasteiger partial charge in [0, 0.05) is 24.8 Å². The molecule has 4 unspecified atom stereocenters. The second-order valence-corrected chi connectivity index (χ2v) is 7.81. The SMILES string of the molecule is O=C(C1(c2ccncc2)CCC1Cl)C1(c2ccncc2)CCC1Cl. The molecule has 0 saturated heterocycles. The standard InChI is InChI=1S/C19H18Cl2N2O/c20-15-1-7-18(15,13-3-9-22-10-4-13)17(24)19(8-2-16(19)21)14-5-11-23-12-6-14/h3-6,9-12,15-16H,1-2,7-8H2. The number of carbonyl (C=O) groups is 1. The highest BCUT2D eigenvalue weighted by Gasteiger charge is 2.64. The zero-order valence-electron chi connectivity index (χ0n) is 13.2. The van der Waals surface area contributed by atoms with Gasteiger partial charge in [-0.2, -0.15) is 0 Å². The van der Waals surface area contributed by atoms with Crippen molar-refractivity contribution in [3.8, 4) is 0 Å². The molecule has 124 valence electrons. The zero-order chi connectivity index (χ0) is 16.8. The van der Waals surface area contributed by atoms with Gasteiger partial charge in [0.25, 0.3) is 0 Å². The van der Waals surface area contributed by atoms with Crippen LogP contribution in [-0.2, 0) is 15.6 Å². The van der Waals surface area contributed by atoms with Crippen LogP contribution in [0.25, 0.3) is 0 Å². The first-order valence-corrected chi connectivity index (χ1v) is 9.14. The van der Waals surface area contributed by atoms with Crippen molar-refractivity contribution in [1.29, 1.82) is 0 Å². The van der Waals surface area contributed by atoms with E-state index in [1.54, 1.807) is 24.8 Å². The van der Waals surface area contributed by atoms with Gasteiger partial charge in [-0.25, -0.2) is 0 Å². The molecule has 2 fully saturated rings. The van der Waals surface area contributed by atoms with E-state index in [-0.39, 0.29) is 16.5 Å².